The first-order chi connectivity index (χ1) is 12.4. The van der Waals surface area contributed by atoms with Gasteiger partial charge in [-0.05, 0) is 57.3 Å². The summed E-state index contributed by atoms with van der Waals surface area (Å²) in [7, 11) is 0. The zero-order valence-corrected chi connectivity index (χ0v) is 17.2. The lowest BCUT2D eigenvalue weighted by atomic mass is 9.82. The van der Waals surface area contributed by atoms with Crippen LogP contribution in [0, 0.1) is 17.8 Å². The highest BCUT2D eigenvalue weighted by Gasteiger charge is 2.31. The summed E-state index contributed by atoms with van der Waals surface area (Å²) in [5.41, 5.74) is 0. The van der Waals surface area contributed by atoms with Crippen LogP contribution in [0.25, 0.3) is 0 Å². The molecule has 0 aromatic rings. The van der Waals surface area contributed by atoms with Crippen LogP contribution in [0.4, 0.5) is 0 Å². The third kappa shape index (κ3) is 9.59. The van der Waals surface area contributed by atoms with Crippen LogP contribution in [-0.2, 0) is 14.3 Å². The minimum atomic E-state index is -0.727. The van der Waals surface area contributed by atoms with Gasteiger partial charge in [-0.3, -0.25) is 9.59 Å². The Labute approximate surface area is 160 Å². The predicted octanol–water partition coefficient (Wildman–Crippen LogP) is 5.98. The summed E-state index contributed by atoms with van der Waals surface area (Å²) in [5, 5.41) is 9.09. The van der Waals surface area contributed by atoms with Crippen LogP contribution < -0.4 is 0 Å². The molecule has 1 atom stereocenters. The maximum Gasteiger partial charge on any atom is 0.309 e. The molecule has 0 aromatic heterocycles. The van der Waals surface area contributed by atoms with Crippen molar-refractivity contribution in [2.24, 2.45) is 17.8 Å². The number of carboxylic acid groups (broad SMARTS) is 1. The van der Waals surface area contributed by atoms with Crippen molar-refractivity contribution in [1.29, 1.82) is 0 Å². The van der Waals surface area contributed by atoms with Crippen molar-refractivity contribution in [1.82, 2.24) is 0 Å². The van der Waals surface area contributed by atoms with Gasteiger partial charge in [-0.25, -0.2) is 0 Å². The van der Waals surface area contributed by atoms with Gasteiger partial charge in [-0.15, -0.1) is 0 Å². The van der Waals surface area contributed by atoms with E-state index in [0.29, 0.717) is 31.6 Å². The summed E-state index contributed by atoms with van der Waals surface area (Å²) in [6.45, 7) is 6.64. The Kier molecular flexibility index (Phi) is 11.6. The van der Waals surface area contributed by atoms with E-state index in [1.807, 2.05) is 0 Å². The standard InChI is InChI=1S/C22H40O4/c1-4-5-6-7-8-9-10-20(16-11-17(2)3)26-22(25)19-14-12-18(13-15-19)21(23)24/h17-20H,4-16H2,1-3H3,(H,23,24). The second kappa shape index (κ2) is 13.2. The number of carbonyl (C=O) groups excluding carboxylic acids is 1. The van der Waals surface area contributed by atoms with Crippen molar-refractivity contribution < 1.29 is 19.4 Å². The highest BCUT2D eigenvalue weighted by atomic mass is 16.5. The van der Waals surface area contributed by atoms with E-state index >= 15 is 0 Å². The fraction of sp³-hybridized carbons (Fsp3) is 0.909. The zero-order valence-electron chi connectivity index (χ0n) is 17.2. The molecule has 1 saturated carbocycles. The van der Waals surface area contributed by atoms with E-state index < -0.39 is 5.97 Å². The molecule has 26 heavy (non-hydrogen) atoms. The number of ether oxygens (including phenoxy) is 1. The van der Waals surface area contributed by atoms with Crippen molar-refractivity contribution in [3.63, 3.8) is 0 Å². The molecule has 1 aliphatic rings. The van der Waals surface area contributed by atoms with Gasteiger partial charge in [0.25, 0.3) is 0 Å². The SMILES string of the molecule is CCCCCCCCC(CCC(C)C)OC(=O)C1CCC(C(=O)O)CC1. The Hall–Kier alpha value is -1.06. The minimum Gasteiger partial charge on any atom is -0.481 e. The fourth-order valence-corrected chi connectivity index (χ4v) is 3.77. The molecule has 0 saturated heterocycles. The first-order valence-corrected chi connectivity index (χ1v) is 10.9. The lowest BCUT2D eigenvalue weighted by Crippen LogP contribution is -2.30. The number of unbranched alkanes of at least 4 members (excludes halogenated alkanes) is 5. The van der Waals surface area contributed by atoms with E-state index in [4.69, 9.17) is 9.84 Å². The van der Waals surface area contributed by atoms with E-state index in [2.05, 4.69) is 20.8 Å². The molecule has 0 aromatic carbocycles. The molecule has 1 unspecified atom stereocenters. The molecule has 0 amide bonds. The van der Waals surface area contributed by atoms with Crippen molar-refractivity contribution in [3.05, 3.63) is 0 Å². The number of hydrogen-bond acceptors (Lipinski definition) is 3. The Bertz CT molecular complexity index is 397. The first kappa shape index (κ1) is 23.0. The van der Waals surface area contributed by atoms with Gasteiger partial charge in [-0.1, -0.05) is 52.9 Å². The van der Waals surface area contributed by atoms with E-state index in [0.717, 1.165) is 25.7 Å². The summed E-state index contributed by atoms with van der Waals surface area (Å²) in [4.78, 5) is 23.6. The Balaban J connectivity index is 2.38. The number of carboxylic acids is 1. The van der Waals surface area contributed by atoms with E-state index in [1.54, 1.807) is 0 Å². The summed E-state index contributed by atoms with van der Waals surface area (Å²) in [6.07, 6.45) is 13.1. The largest absolute Gasteiger partial charge is 0.481 e. The topological polar surface area (TPSA) is 63.6 Å². The smallest absolute Gasteiger partial charge is 0.309 e. The molecule has 1 N–H and O–H groups in total. The van der Waals surface area contributed by atoms with Crippen LogP contribution in [0.2, 0.25) is 0 Å². The van der Waals surface area contributed by atoms with Gasteiger partial charge in [0.05, 0.1) is 11.8 Å². The van der Waals surface area contributed by atoms with Crippen molar-refractivity contribution in [3.8, 4) is 0 Å². The molecule has 0 heterocycles. The molecule has 4 nitrogen and oxygen atoms in total. The minimum absolute atomic E-state index is 0.0354. The molecule has 0 spiro atoms. The average Bonchev–Trinajstić information content (AvgIpc) is 2.62. The van der Waals surface area contributed by atoms with Crippen LogP contribution in [0.1, 0.15) is 104 Å². The molecular weight excluding hydrogens is 328 g/mol. The maximum atomic E-state index is 12.5. The first-order valence-electron chi connectivity index (χ1n) is 10.9. The number of rotatable bonds is 13. The molecule has 152 valence electrons. The maximum absolute atomic E-state index is 12.5. The number of esters is 1. The molecule has 4 heteroatoms. The van der Waals surface area contributed by atoms with Crippen LogP contribution >= 0.6 is 0 Å². The Morgan fingerprint density at radius 2 is 1.46 bits per heavy atom. The highest BCUT2D eigenvalue weighted by molar-refractivity contribution is 5.74. The Morgan fingerprint density at radius 1 is 0.885 bits per heavy atom. The molecular formula is C22H40O4. The van der Waals surface area contributed by atoms with Gasteiger partial charge in [0.2, 0.25) is 0 Å². The van der Waals surface area contributed by atoms with Gasteiger partial charge in [0, 0.05) is 0 Å². The van der Waals surface area contributed by atoms with Crippen LogP contribution in [0.5, 0.6) is 0 Å². The molecule has 1 rings (SSSR count). The quantitative estimate of drug-likeness (QED) is 0.321. The Morgan fingerprint density at radius 3 is 2.04 bits per heavy atom. The number of hydrogen-bond donors (Lipinski definition) is 1. The van der Waals surface area contributed by atoms with E-state index in [-0.39, 0.29) is 23.9 Å². The molecule has 1 fully saturated rings. The molecule has 0 radical (unpaired) electrons. The second-order valence-electron chi connectivity index (χ2n) is 8.47. The molecule has 0 aliphatic heterocycles. The van der Waals surface area contributed by atoms with E-state index in [1.165, 1.54) is 32.1 Å². The van der Waals surface area contributed by atoms with Gasteiger partial charge in [0.15, 0.2) is 0 Å². The predicted molar refractivity (Wildman–Crippen MR) is 105 cm³/mol. The summed E-state index contributed by atoms with van der Waals surface area (Å²) in [5.74, 6) is -0.578. The summed E-state index contributed by atoms with van der Waals surface area (Å²) < 4.78 is 5.88. The molecule has 0 bridgehead atoms. The highest BCUT2D eigenvalue weighted by Crippen LogP contribution is 2.30. The van der Waals surface area contributed by atoms with Crippen LogP contribution in [0.3, 0.4) is 0 Å². The van der Waals surface area contributed by atoms with Crippen molar-refractivity contribution in [2.75, 3.05) is 0 Å². The number of carbonyl (C=O) groups is 2. The zero-order chi connectivity index (χ0) is 19.4. The van der Waals surface area contributed by atoms with Crippen molar-refractivity contribution in [2.45, 2.75) is 110 Å². The molecule has 1 aliphatic carbocycles. The summed E-state index contributed by atoms with van der Waals surface area (Å²) in [6, 6.07) is 0. The fourth-order valence-electron chi connectivity index (χ4n) is 3.77. The third-order valence-electron chi connectivity index (χ3n) is 5.64. The van der Waals surface area contributed by atoms with Gasteiger partial charge in [-0.2, -0.15) is 0 Å². The summed E-state index contributed by atoms with van der Waals surface area (Å²) >= 11 is 0. The monoisotopic (exact) mass is 368 g/mol. The van der Waals surface area contributed by atoms with Gasteiger partial charge >= 0.3 is 11.9 Å². The van der Waals surface area contributed by atoms with Crippen LogP contribution in [0.15, 0.2) is 0 Å². The van der Waals surface area contributed by atoms with Crippen LogP contribution in [-0.4, -0.2) is 23.1 Å². The van der Waals surface area contributed by atoms with Gasteiger partial charge < -0.3 is 9.84 Å². The average molecular weight is 369 g/mol. The lowest BCUT2D eigenvalue weighted by molar-refractivity contribution is -0.158. The number of aliphatic carboxylic acids is 1. The second-order valence-corrected chi connectivity index (χ2v) is 8.47. The normalized spacial score (nSPS) is 21.5. The third-order valence-corrected chi connectivity index (χ3v) is 5.64. The van der Waals surface area contributed by atoms with Gasteiger partial charge in [0.1, 0.15) is 6.10 Å². The lowest BCUT2D eigenvalue weighted by Gasteiger charge is -2.27. The van der Waals surface area contributed by atoms with E-state index in [9.17, 15) is 9.59 Å². The van der Waals surface area contributed by atoms with Crippen molar-refractivity contribution >= 4 is 11.9 Å².